The highest BCUT2D eigenvalue weighted by Gasteiger charge is 2.64. The summed E-state index contributed by atoms with van der Waals surface area (Å²) in [6.45, 7) is 2.89. The molecule has 2 aliphatic heterocycles. The minimum Gasteiger partial charge on any atom is -0.497 e. The van der Waals surface area contributed by atoms with E-state index in [-0.39, 0.29) is 35.1 Å². The summed E-state index contributed by atoms with van der Waals surface area (Å²) in [5.41, 5.74) is 2.17. The first-order valence-corrected chi connectivity index (χ1v) is 8.72. The van der Waals surface area contributed by atoms with Crippen LogP contribution in [0.2, 0.25) is 0 Å². The third-order valence-corrected chi connectivity index (χ3v) is 6.40. The average molecular weight is 328 g/mol. The zero-order valence-corrected chi connectivity index (χ0v) is 14.5. The molecular formula is C19H24N2O3. The van der Waals surface area contributed by atoms with Crippen molar-refractivity contribution in [1.82, 2.24) is 10.2 Å². The molecule has 24 heavy (non-hydrogen) atoms. The number of hydrogen-bond donors (Lipinski definition) is 1. The van der Waals surface area contributed by atoms with Crippen LogP contribution >= 0.6 is 0 Å². The lowest BCUT2D eigenvalue weighted by Crippen LogP contribution is -2.49. The smallest absolute Gasteiger partial charge is 0.223 e. The highest BCUT2D eigenvalue weighted by Crippen LogP contribution is 2.60. The van der Waals surface area contributed by atoms with Crippen molar-refractivity contribution >= 4 is 11.8 Å². The summed E-state index contributed by atoms with van der Waals surface area (Å²) in [6, 6.07) is 6.19. The van der Waals surface area contributed by atoms with E-state index in [4.69, 9.17) is 4.74 Å². The summed E-state index contributed by atoms with van der Waals surface area (Å²) in [4.78, 5) is 27.2. The summed E-state index contributed by atoms with van der Waals surface area (Å²) >= 11 is 0. The molecule has 1 saturated carbocycles. The Hall–Kier alpha value is -2.04. The Balaban J connectivity index is 1.87. The van der Waals surface area contributed by atoms with E-state index in [1.54, 1.807) is 14.2 Å². The van der Waals surface area contributed by atoms with Crippen LogP contribution in [0.5, 0.6) is 5.75 Å². The van der Waals surface area contributed by atoms with Gasteiger partial charge in [-0.05, 0) is 42.0 Å². The lowest BCUT2D eigenvalue weighted by molar-refractivity contribution is -0.132. The first-order chi connectivity index (χ1) is 11.5. The minimum absolute atomic E-state index is 0.0624. The number of amides is 2. The summed E-state index contributed by atoms with van der Waals surface area (Å²) in [5.74, 6) is 1.35. The fourth-order valence-electron chi connectivity index (χ4n) is 5.54. The fourth-order valence-corrected chi connectivity index (χ4v) is 5.54. The first kappa shape index (κ1) is 15.5. The maximum atomic E-state index is 12.7. The molecule has 2 heterocycles. The van der Waals surface area contributed by atoms with Crippen LogP contribution in [0.25, 0.3) is 0 Å². The Morgan fingerprint density at radius 1 is 1.42 bits per heavy atom. The van der Waals surface area contributed by atoms with Crippen LogP contribution in [0, 0.1) is 17.8 Å². The van der Waals surface area contributed by atoms with Gasteiger partial charge in [0.1, 0.15) is 5.75 Å². The zero-order chi connectivity index (χ0) is 17.1. The molecule has 128 valence electrons. The number of rotatable bonds is 2. The Kier molecular flexibility index (Phi) is 3.37. The number of nitrogens with zero attached hydrogens (tertiary/aromatic N) is 1. The molecule has 4 atom stereocenters. The van der Waals surface area contributed by atoms with Crippen LogP contribution < -0.4 is 10.1 Å². The van der Waals surface area contributed by atoms with E-state index in [0.717, 1.165) is 25.1 Å². The molecule has 3 aliphatic rings. The third-order valence-electron chi connectivity index (χ3n) is 6.40. The summed E-state index contributed by atoms with van der Waals surface area (Å²) in [6.07, 6.45) is 2.19. The van der Waals surface area contributed by atoms with Crippen molar-refractivity contribution in [1.29, 1.82) is 0 Å². The quantitative estimate of drug-likeness (QED) is 0.899. The van der Waals surface area contributed by atoms with Gasteiger partial charge in [-0.3, -0.25) is 9.59 Å². The molecule has 5 nitrogen and oxygen atoms in total. The lowest BCUT2D eigenvalue weighted by atomic mass is 9.74. The van der Waals surface area contributed by atoms with Crippen molar-refractivity contribution < 1.29 is 14.3 Å². The Labute approximate surface area is 142 Å². The predicted octanol–water partition coefficient (Wildman–Crippen LogP) is 1.70. The number of carbonyl (C=O) groups excluding carboxylic acids is 2. The first-order valence-electron chi connectivity index (χ1n) is 8.72. The molecule has 5 heteroatoms. The number of hydrogen-bond acceptors (Lipinski definition) is 3. The van der Waals surface area contributed by atoms with Crippen LogP contribution in [0.3, 0.4) is 0 Å². The van der Waals surface area contributed by atoms with Gasteiger partial charge in [-0.1, -0.05) is 13.0 Å². The SMILES string of the molecule is CNC(=O)[C@@H]1[C@@H](C)C[C@@]23c4ccc(OC)cc4CCN2C(=O)C[C@@H]13. The number of carbonyl (C=O) groups is 2. The molecule has 2 amide bonds. The van der Waals surface area contributed by atoms with Gasteiger partial charge in [-0.15, -0.1) is 0 Å². The van der Waals surface area contributed by atoms with E-state index in [9.17, 15) is 9.59 Å². The number of fused-ring (bicyclic) bond motifs is 1. The summed E-state index contributed by atoms with van der Waals surface area (Å²) < 4.78 is 5.37. The molecule has 2 fully saturated rings. The second-order valence-corrected chi connectivity index (χ2v) is 7.37. The van der Waals surface area contributed by atoms with Gasteiger partial charge in [0.25, 0.3) is 0 Å². The van der Waals surface area contributed by atoms with E-state index in [1.807, 2.05) is 6.07 Å². The van der Waals surface area contributed by atoms with Crippen molar-refractivity contribution in [3.05, 3.63) is 29.3 Å². The maximum Gasteiger partial charge on any atom is 0.223 e. The fraction of sp³-hybridized carbons (Fsp3) is 0.579. The second-order valence-electron chi connectivity index (χ2n) is 7.37. The molecule has 1 aromatic carbocycles. The summed E-state index contributed by atoms with van der Waals surface area (Å²) in [7, 11) is 3.37. The van der Waals surface area contributed by atoms with Crippen molar-refractivity contribution in [3.63, 3.8) is 0 Å². The van der Waals surface area contributed by atoms with E-state index in [1.165, 1.54) is 11.1 Å². The molecule has 1 N–H and O–H groups in total. The second kappa shape index (κ2) is 5.23. The molecule has 0 unspecified atom stereocenters. The molecule has 4 rings (SSSR count). The monoisotopic (exact) mass is 328 g/mol. The average Bonchev–Trinajstić information content (AvgIpc) is 3.01. The van der Waals surface area contributed by atoms with Gasteiger partial charge in [-0.25, -0.2) is 0 Å². The van der Waals surface area contributed by atoms with Crippen LogP contribution in [-0.4, -0.2) is 37.4 Å². The van der Waals surface area contributed by atoms with Gasteiger partial charge >= 0.3 is 0 Å². The molecule has 1 spiro atoms. The van der Waals surface area contributed by atoms with E-state index < -0.39 is 0 Å². The lowest BCUT2D eigenvalue weighted by Gasteiger charge is -2.44. The maximum absolute atomic E-state index is 12.7. The molecule has 0 radical (unpaired) electrons. The Bertz CT molecular complexity index is 717. The molecular weight excluding hydrogens is 304 g/mol. The van der Waals surface area contributed by atoms with Gasteiger partial charge in [0.05, 0.1) is 12.6 Å². The predicted molar refractivity (Wildman–Crippen MR) is 89.5 cm³/mol. The van der Waals surface area contributed by atoms with Crippen LogP contribution in [0.4, 0.5) is 0 Å². The van der Waals surface area contributed by atoms with Gasteiger partial charge in [0.15, 0.2) is 0 Å². The standard InChI is InChI=1S/C19H24N2O3/c1-11-10-19-14-5-4-13(24-3)8-12(14)6-7-21(19)16(22)9-15(19)17(11)18(23)20-2/h4-5,8,11,15,17H,6-7,9-10H2,1-3H3,(H,20,23)/t11-,15-,17+,19-/m0/s1. The van der Waals surface area contributed by atoms with Crippen molar-refractivity contribution in [3.8, 4) is 5.75 Å². The molecule has 1 aromatic rings. The van der Waals surface area contributed by atoms with E-state index >= 15 is 0 Å². The highest BCUT2D eigenvalue weighted by atomic mass is 16.5. The largest absolute Gasteiger partial charge is 0.497 e. The normalized spacial score (nSPS) is 33.7. The summed E-state index contributed by atoms with van der Waals surface area (Å²) in [5, 5.41) is 2.81. The zero-order valence-electron chi connectivity index (χ0n) is 14.5. The Morgan fingerprint density at radius 3 is 2.92 bits per heavy atom. The number of nitrogens with one attached hydrogen (secondary N) is 1. The van der Waals surface area contributed by atoms with Crippen molar-refractivity contribution in [2.24, 2.45) is 17.8 Å². The molecule has 1 saturated heterocycles. The Morgan fingerprint density at radius 2 is 2.21 bits per heavy atom. The van der Waals surface area contributed by atoms with Crippen LogP contribution in [0.1, 0.15) is 30.9 Å². The minimum atomic E-state index is -0.312. The van der Waals surface area contributed by atoms with Crippen molar-refractivity contribution in [2.45, 2.75) is 31.7 Å². The molecule has 0 bridgehead atoms. The van der Waals surface area contributed by atoms with E-state index in [0.29, 0.717) is 6.42 Å². The van der Waals surface area contributed by atoms with Crippen molar-refractivity contribution in [2.75, 3.05) is 20.7 Å². The van der Waals surface area contributed by atoms with Crippen LogP contribution in [0.15, 0.2) is 18.2 Å². The molecule has 1 aliphatic carbocycles. The van der Waals surface area contributed by atoms with Gasteiger partial charge in [-0.2, -0.15) is 0 Å². The third kappa shape index (κ3) is 1.81. The van der Waals surface area contributed by atoms with Crippen LogP contribution in [-0.2, 0) is 21.5 Å². The topological polar surface area (TPSA) is 58.6 Å². The molecule has 0 aromatic heterocycles. The van der Waals surface area contributed by atoms with Gasteiger partial charge in [0, 0.05) is 31.8 Å². The number of benzene rings is 1. The van der Waals surface area contributed by atoms with Gasteiger partial charge in [0.2, 0.25) is 11.8 Å². The van der Waals surface area contributed by atoms with E-state index in [2.05, 4.69) is 29.3 Å². The van der Waals surface area contributed by atoms with Gasteiger partial charge < -0.3 is 15.0 Å². The highest BCUT2D eigenvalue weighted by molar-refractivity contribution is 5.86. The number of methoxy groups -OCH3 is 1. The number of ether oxygens (including phenoxy) is 1.